The van der Waals surface area contributed by atoms with Gasteiger partial charge < -0.3 is 4.74 Å². The van der Waals surface area contributed by atoms with Gasteiger partial charge in [-0.15, -0.1) is 0 Å². The molecule has 0 fully saturated rings. The zero-order chi connectivity index (χ0) is 18.1. The van der Waals surface area contributed by atoms with Crippen LogP contribution in [0.15, 0.2) is 83.8 Å². The number of nitrogens with one attached hydrogen (secondary N) is 1. The van der Waals surface area contributed by atoms with E-state index in [1.54, 1.807) is 31.4 Å². The van der Waals surface area contributed by atoms with Crippen molar-refractivity contribution < 1.29 is 13.2 Å². The average molecular weight is 363 g/mol. The maximum Gasteiger partial charge on any atom is 0.261 e. The first kappa shape index (κ1) is 16.4. The quantitative estimate of drug-likeness (QED) is 0.566. The van der Waals surface area contributed by atoms with E-state index < -0.39 is 10.0 Å². The van der Waals surface area contributed by atoms with E-state index in [0.29, 0.717) is 5.69 Å². The highest BCUT2D eigenvalue weighted by Gasteiger charge is 2.16. The van der Waals surface area contributed by atoms with E-state index in [1.165, 1.54) is 0 Å². The minimum Gasteiger partial charge on any atom is -0.497 e. The van der Waals surface area contributed by atoms with Crippen molar-refractivity contribution in [1.82, 2.24) is 0 Å². The van der Waals surface area contributed by atoms with Crippen LogP contribution < -0.4 is 9.46 Å². The van der Waals surface area contributed by atoms with Crippen LogP contribution in [0.4, 0.5) is 5.69 Å². The number of hydrogen-bond acceptors (Lipinski definition) is 3. The van der Waals surface area contributed by atoms with Crippen LogP contribution in [0.3, 0.4) is 0 Å². The van der Waals surface area contributed by atoms with E-state index in [-0.39, 0.29) is 4.90 Å². The van der Waals surface area contributed by atoms with Gasteiger partial charge in [0.25, 0.3) is 10.0 Å². The van der Waals surface area contributed by atoms with Crippen LogP contribution >= 0.6 is 0 Å². The van der Waals surface area contributed by atoms with Crippen LogP contribution in [0.25, 0.3) is 21.5 Å². The average Bonchev–Trinajstić information content (AvgIpc) is 2.67. The van der Waals surface area contributed by atoms with Crippen LogP contribution in [-0.4, -0.2) is 15.5 Å². The lowest BCUT2D eigenvalue weighted by molar-refractivity contribution is 0.415. The summed E-state index contributed by atoms with van der Waals surface area (Å²) in [5, 5.41) is 3.61. The van der Waals surface area contributed by atoms with Crippen molar-refractivity contribution >= 4 is 37.3 Å². The molecule has 4 rings (SSSR count). The van der Waals surface area contributed by atoms with Crippen molar-refractivity contribution in [2.45, 2.75) is 4.90 Å². The molecule has 4 aromatic carbocycles. The van der Waals surface area contributed by atoms with Crippen LogP contribution in [0.5, 0.6) is 5.75 Å². The fraction of sp³-hybridized carbons (Fsp3) is 0.0476. The Morgan fingerprint density at radius 2 is 1.50 bits per heavy atom. The summed E-state index contributed by atoms with van der Waals surface area (Å²) in [6.45, 7) is 0. The number of ether oxygens (including phenoxy) is 1. The number of anilines is 1. The summed E-state index contributed by atoms with van der Waals surface area (Å²) in [7, 11) is -2.09. The molecule has 1 N–H and O–H groups in total. The van der Waals surface area contributed by atoms with Gasteiger partial charge in [0.05, 0.1) is 17.7 Å². The zero-order valence-corrected chi connectivity index (χ0v) is 15.0. The van der Waals surface area contributed by atoms with Gasteiger partial charge in [-0.2, -0.15) is 0 Å². The molecule has 4 nitrogen and oxygen atoms in total. The Balaban J connectivity index is 1.75. The third-order valence-corrected chi connectivity index (χ3v) is 5.73. The smallest absolute Gasteiger partial charge is 0.261 e. The van der Waals surface area contributed by atoms with E-state index in [0.717, 1.165) is 27.3 Å². The Kier molecular flexibility index (Phi) is 4.01. The largest absolute Gasteiger partial charge is 0.497 e. The molecule has 0 unspecified atom stereocenters. The number of rotatable bonds is 4. The van der Waals surface area contributed by atoms with Gasteiger partial charge in [0.2, 0.25) is 0 Å². The highest BCUT2D eigenvalue weighted by atomic mass is 32.2. The Labute approximate surface area is 152 Å². The lowest BCUT2D eigenvalue weighted by Gasteiger charge is -2.11. The molecule has 0 atom stereocenters. The topological polar surface area (TPSA) is 55.4 Å². The fourth-order valence-corrected chi connectivity index (χ4v) is 4.13. The van der Waals surface area contributed by atoms with Crippen molar-refractivity contribution in [3.05, 3.63) is 78.9 Å². The van der Waals surface area contributed by atoms with Crippen molar-refractivity contribution in [2.75, 3.05) is 11.8 Å². The van der Waals surface area contributed by atoms with Crippen molar-refractivity contribution in [1.29, 1.82) is 0 Å². The summed E-state index contributed by atoms with van der Waals surface area (Å²) < 4.78 is 33.7. The molecule has 0 aliphatic heterocycles. The Morgan fingerprint density at radius 3 is 2.35 bits per heavy atom. The molecule has 0 aliphatic rings. The fourth-order valence-electron chi connectivity index (χ4n) is 3.01. The molecule has 4 aromatic rings. The van der Waals surface area contributed by atoms with Gasteiger partial charge in [-0.05, 0) is 46.5 Å². The van der Waals surface area contributed by atoms with Gasteiger partial charge >= 0.3 is 0 Å². The summed E-state index contributed by atoms with van der Waals surface area (Å²) in [5.41, 5.74) is 0.568. The molecule has 0 radical (unpaired) electrons. The van der Waals surface area contributed by atoms with Gasteiger partial charge in [-0.1, -0.05) is 48.5 Å². The second kappa shape index (κ2) is 6.35. The molecular formula is C21H17NO3S. The van der Waals surface area contributed by atoms with Gasteiger partial charge in [0, 0.05) is 5.39 Å². The molecule has 0 bridgehead atoms. The highest BCUT2D eigenvalue weighted by Crippen LogP contribution is 2.28. The lowest BCUT2D eigenvalue weighted by Crippen LogP contribution is -2.13. The molecule has 5 heteroatoms. The zero-order valence-electron chi connectivity index (χ0n) is 14.1. The first-order chi connectivity index (χ1) is 12.6. The number of fused-ring (bicyclic) bond motifs is 2. The van der Waals surface area contributed by atoms with E-state index in [2.05, 4.69) is 4.72 Å². The first-order valence-electron chi connectivity index (χ1n) is 8.15. The van der Waals surface area contributed by atoms with E-state index in [1.807, 2.05) is 54.6 Å². The number of methoxy groups -OCH3 is 1. The third-order valence-electron chi connectivity index (χ3n) is 4.36. The van der Waals surface area contributed by atoms with Crippen LogP contribution in [0.1, 0.15) is 0 Å². The minimum absolute atomic E-state index is 0.225. The SMILES string of the molecule is COc1ccc2cc(S(=O)(=O)Nc3cccc4ccccc34)ccc2c1. The molecule has 0 saturated carbocycles. The second-order valence-corrected chi connectivity index (χ2v) is 7.69. The van der Waals surface area contributed by atoms with Crippen LogP contribution in [0, 0.1) is 0 Å². The molecular weight excluding hydrogens is 346 g/mol. The summed E-state index contributed by atoms with van der Waals surface area (Å²) in [5.74, 6) is 0.738. The molecule has 26 heavy (non-hydrogen) atoms. The van der Waals surface area contributed by atoms with E-state index in [4.69, 9.17) is 4.74 Å². The highest BCUT2D eigenvalue weighted by molar-refractivity contribution is 7.92. The molecule has 0 aromatic heterocycles. The van der Waals surface area contributed by atoms with Crippen LogP contribution in [-0.2, 0) is 10.0 Å². The van der Waals surface area contributed by atoms with Gasteiger partial charge in [-0.25, -0.2) is 8.42 Å². The molecule has 0 saturated heterocycles. The summed E-state index contributed by atoms with van der Waals surface area (Å²) in [6.07, 6.45) is 0. The predicted octanol–water partition coefficient (Wildman–Crippen LogP) is 4.80. The van der Waals surface area contributed by atoms with Crippen molar-refractivity contribution in [3.63, 3.8) is 0 Å². The van der Waals surface area contributed by atoms with Gasteiger partial charge in [0.15, 0.2) is 0 Å². The second-order valence-electron chi connectivity index (χ2n) is 6.01. The first-order valence-corrected chi connectivity index (χ1v) is 9.63. The molecule has 0 spiro atoms. The standard InChI is InChI=1S/C21H17NO3S/c1-25-18-11-9-17-14-19(12-10-16(17)13-18)26(23,24)22-21-8-4-6-15-5-2-3-7-20(15)21/h2-14,22H,1H3. The lowest BCUT2D eigenvalue weighted by atomic mass is 10.1. The van der Waals surface area contributed by atoms with E-state index >= 15 is 0 Å². The molecule has 0 amide bonds. The van der Waals surface area contributed by atoms with Crippen LogP contribution in [0.2, 0.25) is 0 Å². The number of sulfonamides is 1. The maximum absolute atomic E-state index is 12.9. The molecule has 0 aliphatic carbocycles. The van der Waals surface area contributed by atoms with Crippen molar-refractivity contribution in [3.8, 4) is 5.75 Å². The van der Waals surface area contributed by atoms with Gasteiger partial charge in [0.1, 0.15) is 5.75 Å². The maximum atomic E-state index is 12.9. The monoisotopic (exact) mass is 363 g/mol. The summed E-state index contributed by atoms with van der Waals surface area (Å²) in [4.78, 5) is 0.225. The van der Waals surface area contributed by atoms with Crippen molar-refractivity contribution in [2.24, 2.45) is 0 Å². The number of hydrogen-bond donors (Lipinski definition) is 1. The molecule has 0 heterocycles. The van der Waals surface area contributed by atoms with E-state index in [9.17, 15) is 8.42 Å². The summed E-state index contributed by atoms with van der Waals surface area (Å²) in [6, 6.07) is 23.9. The summed E-state index contributed by atoms with van der Waals surface area (Å²) >= 11 is 0. The predicted molar refractivity (Wildman–Crippen MR) is 105 cm³/mol. The third kappa shape index (κ3) is 2.97. The normalized spacial score (nSPS) is 11.6. The Hall–Kier alpha value is -3.05. The Bertz CT molecular complexity index is 1210. The Morgan fingerprint density at radius 1 is 0.769 bits per heavy atom. The minimum atomic E-state index is -3.69. The number of benzene rings is 4. The molecule has 130 valence electrons. The van der Waals surface area contributed by atoms with Gasteiger partial charge in [-0.3, -0.25) is 4.72 Å².